The van der Waals surface area contributed by atoms with Gasteiger partial charge in [-0.25, -0.2) is 0 Å². The van der Waals surface area contributed by atoms with Crippen molar-refractivity contribution in [1.82, 2.24) is 0 Å². The molecule has 0 spiro atoms. The Morgan fingerprint density at radius 2 is 1.83 bits per heavy atom. The van der Waals surface area contributed by atoms with E-state index >= 15 is 0 Å². The molecule has 0 aliphatic rings. The van der Waals surface area contributed by atoms with Crippen LogP contribution in [0.3, 0.4) is 0 Å². The fourth-order valence-corrected chi connectivity index (χ4v) is 1.20. The molecule has 0 saturated heterocycles. The topological polar surface area (TPSA) is 17.1 Å². The van der Waals surface area contributed by atoms with Crippen LogP contribution in [0.25, 0.3) is 10.8 Å². The van der Waals surface area contributed by atoms with Crippen molar-refractivity contribution >= 4 is 17.1 Å². The van der Waals surface area contributed by atoms with Crippen molar-refractivity contribution in [3.8, 4) is 0 Å². The summed E-state index contributed by atoms with van der Waals surface area (Å²) in [7, 11) is 0. The molecule has 1 heteroatoms. The summed E-state index contributed by atoms with van der Waals surface area (Å²) < 4.78 is 7.71. The van der Waals surface area contributed by atoms with Crippen LogP contribution < -0.4 is 0 Å². The average Bonchev–Trinajstić information content (AvgIpc) is 2.19. The van der Waals surface area contributed by atoms with E-state index in [4.69, 9.17) is 1.37 Å². The van der Waals surface area contributed by atoms with Gasteiger partial charge in [-0.15, -0.1) is 0 Å². The van der Waals surface area contributed by atoms with Gasteiger partial charge in [0.1, 0.15) is 6.29 Å². The van der Waals surface area contributed by atoms with E-state index in [1.165, 1.54) is 0 Å². The fraction of sp³-hybridized carbons (Fsp3) is 0. The van der Waals surface area contributed by atoms with Crippen LogP contribution in [0.15, 0.2) is 42.4 Å². The van der Waals surface area contributed by atoms with Crippen molar-refractivity contribution in [2.24, 2.45) is 0 Å². The number of carbonyl (C=O) groups is 1. The zero-order valence-electron chi connectivity index (χ0n) is 7.45. The molecule has 12 heavy (non-hydrogen) atoms. The maximum atomic E-state index is 10.6. The highest BCUT2D eigenvalue weighted by molar-refractivity contribution is 5.88. The maximum Gasteiger partial charge on any atom is 0.150 e. The standard InChI is InChI=1S/C11H8O/c12-8-9-5-6-10-3-1-2-4-11(10)7-9/h1-8H/i7D. The van der Waals surface area contributed by atoms with Gasteiger partial charge in [0.25, 0.3) is 0 Å². The van der Waals surface area contributed by atoms with E-state index in [1.807, 2.05) is 30.3 Å². The molecule has 0 unspecified atom stereocenters. The first-order valence-electron chi connectivity index (χ1n) is 4.26. The van der Waals surface area contributed by atoms with Crippen LogP contribution in [0.1, 0.15) is 11.7 Å². The van der Waals surface area contributed by atoms with Gasteiger partial charge in [0.2, 0.25) is 0 Å². The predicted octanol–water partition coefficient (Wildman–Crippen LogP) is 2.65. The average molecular weight is 157 g/mol. The fourth-order valence-electron chi connectivity index (χ4n) is 1.20. The van der Waals surface area contributed by atoms with E-state index in [0.29, 0.717) is 11.6 Å². The Labute approximate surface area is 72.0 Å². The Morgan fingerprint density at radius 3 is 2.58 bits per heavy atom. The summed E-state index contributed by atoms with van der Waals surface area (Å²) in [5.41, 5.74) is 0.443. The highest BCUT2D eigenvalue weighted by Gasteiger charge is 1.92. The summed E-state index contributed by atoms with van der Waals surface area (Å²) in [6.07, 6.45) is 0.717. The predicted molar refractivity (Wildman–Crippen MR) is 49.3 cm³/mol. The molecule has 0 bridgehead atoms. The summed E-state index contributed by atoms with van der Waals surface area (Å²) in [6.45, 7) is 0. The van der Waals surface area contributed by atoms with Gasteiger partial charge in [-0.3, -0.25) is 4.79 Å². The molecule has 0 heterocycles. The van der Waals surface area contributed by atoms with Gasteiger partial charge in [-0.05, 0) is 16.8 Å². The SMILES string of the molecule is [2H]c1c(C=O)ccc2ccccc12. The third-order valence-corrected chi connectivity index (χ3v) is 1.81. The highest BCUT2D eigenvalue weighted by Crippen LogP contribution is 2.14. The van der Waals surface area contributed by atoms with E-state index in [0.717, 1.165) is 17.1 Å². The van der Waals surface area contributed by atoms with Crippen molar-refractivity contribution in [3.05, 3.63) is 48.0 Å². The van der Waals surface area contributed by atoms with Crippen molar-refractivity contribution in [3.63, 3.8) is 0 Å². The second-order valence-corrected chi connectivity index (χ2v) is 2.62. The lowest BCUT2D eigenvalue weighted by molar-refractivity contribution is 0.112. The lowest BCUT2D eigenvalue weighted by Crippen LogP contribution is -1.78. The number of benzene rings is 2. The van der Waals surface area contributed by atoms with E-state index in [2.05, 4.69) is 0 Å². The van der Waals surface area contributed by atoms with Crippen molar-refractivity contribution in [2.75, 3.05) is 0 Å². The molecule has 0 atom stereocenters. The van der Waals surface area contributed by atoms with E-state index in [-0.39, 0.29) is 0 Å². The summed E-state index contributed by atoms with van der Waals surface area (Å²) in [5.74, 6) is 0. The zero-order chi connectivity index (χ0) is 9.26. The van der Waals surface area contributed by atoms with Gasteiger partial charge < -0.3 is 0 Å². The monoisotopic (exact) mass is 157 g/mol. The molecule has 58 valence electrons. The largest absolute Gasteiger partial charge is 0.298 e. The van der Waals surface area contributed by atoms with Crippen LogP contribution in [-0.4, -0.2) is 6.29 Å². The summed E-state index contributed by atoms with van der Waals surface area (Å²) >= 11 is 0. The Bertz CT molecular complexity index is 463. The number of aldehydes is 1. The van der Waals surface area contributed by atoms with Gasteiger partial charge in [0.15, 0.2) is 0 Å². The Kier molecular flexibility index (Phi) is 1.38. The summed E-state index contributed by atoms with van der Waals surface area (Å²) in [4.78, 5) is 10.6. The molecule has 0 N–H and O–H groups in total. The molecular formula is C11H8O. The van der Waals surface area contributed by atoms with Gasteiger partial charge in [-0.2, -0.15) is 0 Å². The van der Waals surface area contributed by atoms with Crippen LogP contribution >= 0.6 is 0 Å². The normalized spacial score (nSPS) is 11.2. The van der Waals surface area contributed by atoms with Gasteiger partial charge in [-0.1, -0.05) is 36.4 Å². The summed E-state index contributed by atoms with van der Waals surface area (Å²) in [6, 6.07) is 11.4. The molecule has 0 radical (unpaired) electrons. The first kappa shape index (κ1) is 5.95. The molecule has 0 amide bonds. The first-order chi connectivity index (χ1) is 6.33. The lowest BCUT2D eigenvalue weighted by atomic mass is 10.1. The lowest BCUT2D eigenvalue weighted by Gasteiger charge is -1.96. The molecular weight excluding hydrogens is 148 g/mol. The number of hydrogen-bond acceptors (Lipinski definition) is 1. The van der Waals surface area contributed by atoms with Crippen LogP contribution in [-0.2, 0) is 0 Å². The number of rotatable bonds is 1. The molecule has 2 aromatic rings. The molecule has 2 aromatic carbocycles. The molecule has 0 aromatic heterocycles. The van der Waals surface area contributed by atoms with Gasteiger partial charge >= 0.3 is 0 Å². The van der Waals surface area contributed by atoms with Crippen molar-refractivity contribution in [1.29, 1.82) is 0 Å². The van der Waals surface area contributed by atoms with Crippen molar-refractivity contribution < 1.29 is 6.17 Å². The minimum atomic E-state index is 0.313. The molecule has 1 nitrogen and oxygen atoms in total. The van der Waals surface area contributed by atoms with Crippen LogP contribution in [0.2, 0.25) is 0 Å². The Balaban J connectivity index is 2.86. The molecule has 0 fully saturated rings. The second kappa shape index (κ2) is 2.78. The maximum absolute atomic E-state index is 10.6. The zero-order valence-corrected chi connectivity index (χ0v) is 6.45. The summed E-state index contributed by atoms with van der Waals surface area (Å²) in [5, 5.41) is 1.82. The van der Waals surface area contributed by atoms with Crippen LogP contribution in [0.5, 0.6) is 0 Å². The number of carbonyl (C=O) groups excluding carboxylic acids is 1. The number of hydrogen-bond donors (Lipinski definition) is 0. The van der Waals surface area contributed by atoms with Gasteiger partial charge in [0, 0.05) is 5.56 Å². The van der Waals surface area contributed by atoms with E-state index in [1.54, 1.807) is 6.07 Å². The van der Waals surface area contributed by atoms with E-state index < -0.39 is 0 Å². The minimum absolute atomic E-state index is 0.313. The molecule has 0 aliphatic carbocycles. The third-order valence-electron chi connectivity index (χ3n) is 1.81. The Morgan fingerprint density at radius 1 is 1.08 bits per heavy atom. The highest BCUT2D eigenvalue weighted by atomic mass is 16.1. The minimum Gasteiger partial charge on any atom is -0.298 e. The first-order valence-corrected chi connectivity index (χ1v) is 3.76. The molecule has 0 aliphatic heterocycles. The van der Waals surface area contributed by atoms with Crippen molar-refractivity contribution in [2.45, 2.75) is 0 Å². The second-order valence-electron chi connectivity index (χ2n) is 2.62. The Hall–Kier alpha value is -1.63. The van der Waals surface area contributed by atoms with Crippen LogP contribution in [0, 0.1) is 0 Å². The third kappa shape index (κ3) is 1.10. The molecule has 2 rings (SSSR count). The van der Waals surface area contributed by atoms with Crippen LogP contribution in [0.4, 0.5) is 0 Å². The number of fused-ring (bicyclic) bond motifs is 1. The molecule has 0 saturated carbocycles. The quantitative estimate of drug-likeness (QED) is 0.581. The smallest absolute Gasteiger partial charge is 0.150 e. The van der Waals surface area contributed by atoms with Gasteiger partial charge in [0.05, 0.1) is 1.37 Å². The van der Waals surface area contributed by atoms with E-state index in [9.17, 15) is 4.79 Å².